The Hall–Kier alpha value is -1.29. The van der Waals surface area contributed by atoms with Gasteiger partial charge in [0.05, 0.1) is 12.1 Å². The van der Waals surface area contributed by atoms with E-state index in [9.17, 15) is 4.39 Å². The molecule has 0 spiro atoms. The number of hydrogen-bond acceptors (Lipinski definition) is 2. The summed E-state index contributed by atoms with van der Waals surface area (Å²) in [5.74, 6) is 0.265. The summed E-state index contributed by atoms with van der Waals surface area (Å²) >= 11 is 11.8. The number of halogens is 3. The van der Waals surface area contributed by atoms with E-state index in [0.717, 1.165) is 16.9 Å². The van der Waals surface area contributed by atoms with Gasteiger partial charge in [-0.2, -0.15) is 0 Å². The maximum atomic E-state index is 13.2. The Morgan fingerprint density at radius 2 is 1.95 bits per heavy atom. The molecule has 0 aliphatic rings. The molecule has 2 nitrogen and oxygen atoms in total. The van der Waals surface area contributed by atoms with Crippen LogP contribution in [0.3, 0.4) is 0 Å². The third-order valence-electron chi connectivity index (χ3n) is 3.05. The van der Waals surface area contributed by atoms with Crippen LogP contribution in [-0.4, -0.2) is 7.11 Å². The lowest BCUT2D eigenvalue weighted by Gasteiger charge is -2.15. The van der Waals surface area contributed by atoms with E-state index in [1.165, 1.54) is 6.07 Å². The maximum absolute atomic E-state index is 13.2. The van der Waals surface area contributed by atoms with Gasteiger partial charge in [0.15, 0.2) is 0 Å². The first-order chi connectivity index (χ1) is 9.51. The average Bonchev–Trinajstić information content (AvgIpc) is 2.42. The van der Waals surface area contributed by atoms with Gasteiger partial charge in [0.1, 0.15) is 11.6 Å². The molecule has 0 aliphatic heterocycles. The van der Waals surface area contributed by atoms with Gasteiger partial charge in [-0.15, -0.1) is 0 Å². The lowest BCUT2D eigenvalue weighted by atomic mass is 9.99. The summed E-state index contributed by atoms with van der Waals surface area (Å²) in [6, 6.07) is 9.52. The van der Waals surface area contributed by atoms with Gasteiger partial charge in [-0.3, -0.25) is 0 Å². The standard InChI is InChI=1S/C15H14Cl2FNO/c1-20-15-5-3-11(16)6-10(15)8-14(19)9-2-4-13(18)12(17)7-9/h2-7,14H,8,19H2,1H3. The van der Waals surface area contributed by atoms with E-state index in [1.807, 2.05) is 6.07 Å². The zero-order chi connectivity index (χ0) is 14.7. The topological polar surface area (TPSA) is 35.2 Å². The van der Waals surface area contributed by atoms with Crippen molar-refractivity contribution in [2.24, 2.45) is 5.73 Å². The van der Waals surface area contributed by atoms with Crippen LogP contribution < -0.4 is 10.5 Å². The number of hydrogen-bond donors (Lipinski definition) is 1. The van der Waals surface area contributed by atoms with E-state index in [-0.39, 0.29) is 11.1 Å². The van der Waals surface area contributed by atoms with Gasteiger partial charge in [0.2, 0.25) is 0 Å². The minimum Gasteiger partial charge on any atom is -0.496 e. The molecule has 0 saturated heterocycles. The van der Waals surface area contributed by atoms with E-state index in [2.05, 4.69) is 0 Å². The Balaban J connectivity index is 2.24. The summed E-state index contributed by atoms with van der Waals surface area (Å²) in [4.78, 5) is 0. The van der Waals surface area contributed by atoms with Crippen molar-refractivity contribution in [3.8, 4) is 5.75 Å². The molecule has 1 atom stereocenters. The minimum absolute atomic E-state index is 0.0657. The molecule has 0 radical (unpaired) electrons. The van der Waals surface area contributed by atoms with Crippen LogP contribution in [-0.2, 0) is 6.42 Å². The van der Waals surface area contributed by atoms with Gasteiger partial charge in [-0.25, -0.2) is 4.39 Å². The number of benzene rings is 2. The molecule has 2 aromatic rings. The molecule has 2 aromatic carbocycles. The highest BCUT2D eigenvalue weighted by Gasteiger charge is 2.13. The normalized spacial score (nSPS) is 12.2. The number of ether oxygens (including phenoxy) is 1. The Morgan fingerprint density at radius 3 is 2.60 bits per heavy atom. The Morgan fingerprint density at radius 1 is 1.20 bits per heavy atom. The second-order valence-corrected chi connectivity index (χ2v) is 5.28. The molecule has 0 amide bonds. The summed E-state index contributed by atoms with van der Waals surface area (Å²) in [6.45, 7) is 0. The molecule has 106 valence electrons. The predicted molar refractivity (Wildman–Crippen MR) is 80.0 cm³/mol. The largest absolute Gasteiger partial charge is 0.496 e. The zero-order valence-corrected chi connectivity index (χ0v) is 12.4. The van der Waals surface area contributed by atoms with E-state index in [0.29, 0.717) is 11.4 Å². The first-order valence-electron chi connectivity index (χ1n) is 6.04. The molecular weight excluding hydrogens is 300 g/mol. The fraction of sp³-hybridized carbons (Fsp3) is 0.200. The lowest BCUT2D eigenvalue weighted by molar-refractivity contribution is 0.408. The molecule has 5 heteroatoms. The molecule has 0 fully saturated rings. The predicted octanol–water partition coefficient (Wildman–Crippen LogP) is 4.38. The summed E-state index contributed by atoms with van der Waals surface area (Å²) in [5.41, 5.74) is 7.80. The van der Waals surface area contributed by atoms with Crippen molar-refractivity contribution in [1.29, 1.82) is 0 Å². The molecule has 1 unspecified atom stereocenters. The van der Waals surface area contributed by atoms with Crippen LogP contribution in [0.2, 0.25) is 10.0 Å². The first kappa shape index (κ1) is 15.1. The molecular formula is C15H14Cl2FNO. The van der Waals surface area contributed by atoms with Crippen LogP contribution >= 0.6 is 23.2 Å². The molecule has 0 aromatic heterocycles. The van der Waals surface area contributed by atoms with Crippen molar-refractivity contribution in [3.63, 3.8) is 0 Å². The Labute approximate surface area is 127 Å². The molecule has 0 bridgehead atoms. The minimum atomic E-state index is -0.456. The quantitative estimate of drug-likeness (QED) is 0.909. The summed E-state index contributed by atoms with van der Waals surface area (Å²) < 4.78 is 18.4. The fourth-order valence-corrected chi connectivity index (χ4v) is 2.39. The van der Waals surface area contributed by atoms with E-state index in [1.54, 1.807) is 31.4 Å². The smallest absolute Gasteiger partial charge is 0.141 e. The van der Waals surface area contributed by atoms with Gasteiger partial charge in [-0.05, 0) is 47.9 Å². The van der Waals surface area contributed by atoms with Gasteiger partial charge in [0.25, 0.3) is 0 Å². The van der Waals surface area contributed by atoms with Gasteiger partial charge >= 0.3 is 0 Å². The van der Waals surface area contributed by atoms with Crippen molar-refractivity contribution < 1.29 is 9.13 Å². The van der Waals surface area contributed by atoms with Gasteiger partial charge in [0, 0.05) is 11.1 Å². The van der Waals surface area contributed by atoms with Crippen LogP contribution in [0.1, 0.15) is 17.2 Å². The third kappa shape index (κ3) is 3.42. The SMILES string of the molecule is COc1ccc(Cl)cc1CC(N)c1ccc(F)c(Cl)c1. The van der Waals surface area contributed by atoms with E-state index < -0.39 is 5.82 Å². The number of methoxy groups -OCH3 is 1. The Kier molecular flexibility index (Phi) is 4.86. The van der Waals surface area contributed by atoms with Crippen LogP contribution in [0, 0.1) is 5.82 Å². The van der Waals surface area contributed by atoms with E-state index >= 15 is 0 Å². The van der Waals surface area contributed by atoms with Gasteiger partial charge in [-0.1, -0.05) is 29.3 Å². The average molecular weight is 314 g/mol. The number of rotatable bonds is 4. The first-order valence-corrected chi connectivity index (χ1v) is 6.80. The van der Waals surface area contributed by atoms with Crippen molar-refractivity contribution in [2.45, 2.75) is 12.5 Å². The molecule has 0 heterocycles. The summed E-state index contributed by atoms with van der Waals surface area (Å²) in [7, 11) is 1.59. The third-order valence-corrected chi connectivity index (χ3v) is 3.58. The number of nitrogens with two attached hydrogens (primary N) is 1. The highest BCUT2D eigenvalue weighted by molar-refractivity contribution is 6.31. The van der Waals surface area contributed by atoms with Gasteiger partial charge < -0.3 is 10.5 Å². The Bertz CT molecular complexity index is 619. The highest BCUT2D eigenvalue weighted by atomic mass is 35.5. The second kappa shape index (κ2) is 6.44. The highest BCUT2D eigenvalue weighted by Crippen LogP contribution is 2.28. The van der Waals surface area contributed by atoms with Crippen molar-refractivity contribution >= 4 is 23.2 Å². The van der Waals surface area contributed by atoms with Crippen molar-refractivity contribution in [3.05, 3.63) is 63.4 Å². The zero-order valence-electron chi connectivity index (χ0n) is 10.9. The second-order valence-electron chi connectivity index (χ2n) is 4.44. The monoisotopic (exact) mass is 313 g/mol. The summed E-state index contributed by atoms with van der Waals surface area (Å²) in [6.07, 6.45) is 0.520. The van der Waals surface area contributed by atoms with E-state index in [4.69, 9.17) is 33.7 Å². The molecule has 0 saturated carbocycles. The summed E-state index contributed by atoms with van der Waals surface area (Å²) in [5, 5.41) is 0.682. The molecule has 2 rings (SSSR count). The van der Waals surface area contributed by atoms with Crippen LogP contribution in [0.15, 0.2) is 36.4 Å². The maximum Gasteiger partial charge on any atom is 0.141 e. The van der Waals surface area contributed by atoms with Crippen LogP contribution in [0.4, 0.5) is 4.39 Å². The lowest BCUT2D eigenvalue weighted by Crippen LogP contribution is -2.14. The van der Waals surface area contributed by atoms with Crippen LogP contribution in [0.5, 0.6) is 5.75 Å². The molecule has 20 heavy (non-hydrogen) atoms. The van der Waals surface area contributed by atoms with Crippen molar-refractivity contribution in [2.75, 3.05) is 7.11 Å². The molecule has 0 aliphatic carbocycles. The van der Waals surface area contributed by atoms with Crippen molar-refractivity contribution in [1.82, 2.24) is 0 Å². The molecule has 2 N–H and O–H groups in total. The van der Waals surface area contributed by atoms with Crippen LogP contribution in [0.25, 0.3) is 0 Å². The fourth-order valence-electron chi connectivity index (χ4n) is 2.00.